The minimum Gasteiger partial charge on any atom is -0.475 e. The second-order valence-corrected chi connectivity index (χ2v) is 12.2. The molecule has 0 radical (unpaired) electrons. The number of imidazole rings is 1. The van der Waals surface area contributed by atoms with Gasteiger partial charge in [-0.05, 0) is 73.2 Å². The Hall–Kier alpha value is -1.91. The molecular weight excluding hydrogens is 618 g/mol. The number of nitrogens with one attached hydrogen (secondary N) is 2. The molecule has 1 fully saturated rings. The zero-order valence-corrected chi connectivity index (χ0v) is 26.5. The normalized spacial score (nSPS) is 15.8. The highest BCUT2D eigenvalue weighted by molar-refractivity contribution is 14.2. The minimum atomic E-state index is -0.202. The fraction of sp³-hybridized carbons (Fsp3) is 0.462. The summed E-state index contributed by atoms with van der Waals surface area (Å²) in [4.78, 5) is 26.0. The maximum atomic E-state index is 11.0. The Bertz CT molecular complexity index is 1280. The smallest absolute Gasteiger partial charge is 0.216 e. The topological polar surface area (TPSA) is 93.4 Å². The molecule has 3 heterocycles. The van der Waals surface area contributed by atoms with E-state index in [-0.39, 0.29) is 5.54 Å². The third kappa shape index (κ3) is 7.57. The van der Waals surface area contributed by atoms with Crippen LogP contribution in [-0.2, 0) is 9.53 Å². The van der Waals surface area contributed by atoms with Gasteiger partial charge in [0.1, 0.15) is 23.8 Å². The van der Waals surface area contributed by atoms with Crippen LogP contribution in [0.3, 0.4) is 0 Å². The number of carbonyl (C=O) groups is 1. The maximum absolute atomic E-state index is 11.0. The van der Waals surface area contributed by atoms with Crippen LogP contribution < -0.4 is 10.6 Å². The first-order chi connectivity index (χ1) is 17.7. The van der Waals surface area contributed by atoms with Gasteiger partial charge in [0.15, 0.2) is 5.65 Å². The highest BCUT2D eigenvalue weighted by atomic mass is 127. The number of aryl methyl sites for hydroxylation is 1. The van der Waals surface area contributed by atoms with E-state index in [1.54, 1.807) is 17.8 Å². The van der Waals surface area contributed by atoms with Gasteiger partial charge in [-0.2, -0.15) is 0 Å². The average molecular weight is 655 g/mol. The van der Waals surface area contributed by atoms with Crippen molar-refractivity contribution in [2.24, 2.45) is 10.9 Å². The number of nitrogens with zero attached hydrogens (tertiary/aromatic N) is 4. The summed E-state index contributed by atoms with van der Waals surface area (Å²) in [6.07, 6.45) is 6.08. The van der Waals surface area contributed by atoms with Crippen molar-refractivity contribution in [2.45, 2.75) is 64.8 Å². The number of halogens is 1. The molecule has 0 saturated heterocycles. The number of carbonyl (C=O) groups excluding carboxylic acids is 1. The van der Waals surface area contributed by atoms with Gasteiger partial charge in [-0.15, -0.1) is 11.8 Å². The molecule has 11 heteroatoms. The van der Waals surface area contributed by atoms with Crippen molar-refractivity contribution >= 4 is 80.8 Å². The number of aliphatic imine (C=N–C) groups is 1. The third-order valence-electron chi connectivity index (χ3n) is 5.62. The number of pyridine rings is 1. The molecule has 3 aromatic rings. The molecular formula is C26H36IN6O2PS. The summed E-state index contributed by atoms with van der Waals surface area (Å²) >= 11 is 3.94. The van der Waals surface area contributed by atoms with E-state index in [0.717, 1.165) is 44.7 Å². The maximum Gasteiger partial charge on any atom is 0.216 e. The van der Waals surface area contributed by atoms with Crippen LogP contribution in [0.4, 0.5) is 17.2 Å². The van der Waals surface area contributed by atoms with Gasteiger partial charge in [-0.1, -0.05) is 33.6 Å². The van der Waals surface area contributed by atoms with Crippen LogP contribution in [0.5, 0.6) is 0 Å². The molecule has 2 N–H and O–H groups in total. The van der Waals surface area contributed by atoms with Gasteiger partial charge in [-0.25, -0.2) is 15.0 Å². The summed E-state index contributed by atoms with van der Waals surface area (Å²) in [5.41, 5.74) is 3.96. The van der Waals surface area contributed by atoms with Crippen molar-refractivity contribution < 1.29 is 9.53 Å². The molecule has 2 aliphatic rings. The molecule has 5 rings (SSSR count). The minimum absolute atomic E-state index is 0.202. The van der Waals surface area contributed by atoms with Crippen molar-refractivity contribution in [2.75, 3.05) is 23.5 Å². The molecule has 0 spiro atoms. The fourth-order valence-electron chi connectivity index (χ4n) is 3.46. The van der Waals surface area contributed by atoms with Crippen molar-refractivity contribution in [1.82, 2.24) is 14.3 Å². The summed E-state index contributed by atoms with van der Waals surface area (Å²) in [6.45, 7) is 12.9. The first-order valence-electron chi connectivity index (χ1n) is 12.4. The van der Waals surface area contributed by atoms with Gasteiger partial charge in [-0.3, -0.25) is 9.13 Å². The van der Waals surface area contributed by atoms with E-state index < -0.39 is 0 Å². The van der Waals surface area contributed by atoms with E-state index in [1.807, 2.05) is 43.5 Å². The number of rotatable bonds is 7. The van der Waals surface area contributed by atoms with Crippen molar-refractivity contribution in [3.63, 3.8) is 0 Å². The van der Waals surface area contributed by atoms with Gasteiger partial charge in [0.25, 0.3) is 0 Å². The zero-order chi connectivity index (χ0) is 27.2. The van der Waals surface area contributed by atoms with Gasteiger partial charge in [0, 0.05) is 16.5 Å². The third-order valence-corrected chi connectivity index (χ3v) is 8.55. The number of amides is 1. The number of anilines is 3. The molecule has 8 nitrogen and oxygen atoms in total. The summed E-state index contributed by atoms with van der Waals surface area (Å²) in [7, 11) is 0. The highest BCUT2D eigenvalue weighted by Crippen LogP contribution is 2.37. The molecule has 1 aliphatic carbocycles. The Labute approximate surface area is 238 Å². The van der Waals surface area contributed by atoms with Crippen LogP contribution in [0, 0.1) is 12.8 Å². The van der Waals surface area contributed by atoms with E-state index >= 15 is 0 Å². The lowest BCUT2D eigenvalue weighted by molar-refractivity contribution is -0.105. The van der Waals surface area contributed by atoms with E-state index in [1.165, 1.54) is 12.8 Å². The van der Waals surface area contributed by atoms with Crippen molar-refractivity contribution in [1.29, 1.82) is 0 Å². The Morgan fingerprint density at radius 2 is 1.92 bits per heavy atom. The molecule has 1 saturated carbocycles. The molecule has 2 aromatic heterocycles. The molecule has 1 atom stereocenters. The van der Waals surface area contributed by atoms with E-state index in [9.17, 15) is 4.79 Å². The quantitative estimate of drug-likeness (QED) is 0.118. The lowest BCUT2D eigenvalue weighted by atomic mass is 10.1. The zero-order valence-electron chi connectivity index (χ0n) is 22.5. The van der Waals surface area contributed by atoms with Gasteiger partial charge in [0.05, 0.1) is 23.3 Å². The number of ether oxygens (including phenoxy) is 1. The van der Waals surface area contributed by atoms with Gasteiger partial charge >= 0.3 is 0 Å². The van der Waals surface area contributed by atoms with Crippen molar-refractivity contribution in [3.05, 3.63) is 35.7 Å². The lowest BCUT2D eigenvalue weighted by Crippen LogP contribution is -2.17. The van der Waals surface area contributed by atoms with Crippen LogP contribution in [0.2, 0.25) is 0 Å². The summed E-state index contributed by atoms with van der Waals surface area (Å²) in [5.74, 6) is 3.10. The van der Waals surface area contributed by atoms with Gasteiger partial charge < -0.3 is 15.4 Å². The standard InChI is InChI=1S/C20H22IN6O2PS.C4H8.C2H6/c1-11-23-17-14(8-16(22-10-28)25-18(17)27(11)30-21)24-13-6-5-12(7-15(13)31-4)19-26-20(2,3)9-29-19;1-4-2-3-4;1-2/h5-8,10,30H,9H2,1-4H3,(H2,22,24,25,28);4H,2-3H2,1H3;1-2H3. The van der Waals surface area contributed by atoms with E-state index in [0.29, 0.717) is 31.1 Å². The fourth-order valence-corrected chi connectivity index (χ4v) is 6.18. The van der Waals surface area contributed by atoms with Crippen molar-refractivity contribution in [3.8, 4) is 0 Å². The summed E-state index contributed by atoms with van der Waals surface area (Å²) in [6, 6.07) is 7.89. The first kappa shape index (κ1) is 29.6. The van der Waals surface area contributed by atoms with Crippen LogP contribution in [0.25, 0.3) is 11.2 Å². The van der Waals surface area contributed by atoms with Gasteiger partial charge in [0.2, 0.25) is 12.3 Å². The Morgan fingerprint density at radius 1 is 1.22 bits per heavy atom. The molecule has 1 aliphatic heterocycles. The molecule has 200 valence electrons. The number of hydrogen-bond acceptors (Lipinski definition) is 7. The molecule has 1 aromatic carbocycles. The van der Waals surface area contributed by atoms with E-state index in [4.69, 9.17) is 9.72 Å². The van der Waals surface area contributed by atoms with Crippen LogP contribution in [-0.4, -0.2) is 45.0 Å². The highest BCUT2D eigenvalue weighted by Gasteiger charge is 2.27. The van der Waals surface area contributed by atoms with Crippen LogP contribution in [0.1, 0.15) is 58.8 Å². The predicted molar refractivity (Wildman–Crippen MR) is 168 cm³/mol. The predicted octanol–water partition coefficient (Wildman–Crippen LogP) is 7.56. The molecule has 1 unspecified atom stereocenters. The Balaban J connectivity index is 0.000000567. The molecule has 37 heavy (non-hydrogen) atoms. The summed E-state index contributed by atoms with van der Waals surface area (Å²) < 4.78 is 7.83. The second-order valence-electron chi connectivity index (χ2n) is 9.31. The first-order valence-corrected chi connectivity index (χ1v) is 17.7. The molecule has 1 amide bonds. The SMILES string of the molecule is CC.CC1CC1.CSc1cc(C2=NC(C)(C)CO2)ccc1Nc1cc(NC=O)nc2c1nc(C)n2PI. The molecule has 0 bridgehead atoms. The lowest BCUT2D eigenvalue weighted by Gasteiger charge is -2.14. The monoisotopic (exact) mass is 654 g/mol. The summed E-state index contributed by atoms with van der Waals surface area (Å²) in [5, 5.41) is 6.15. The largest absolute Gasteiger partial charge is 0.475 e. The second kappa shape index (κ2) is 13.2. The number of thioether (sulfide) groups is 1. The Morgan fingerprint density at radius 3 is 2.46 bits per heavy atom. The number of fused-ring (bicyclic) bond motifs is 1. The van der Waals surface area contributed by atoms with Crippen LogP contribution in [0.15, 0.2) is 34.2 Å². The number of benzene rings is 1. The van der Waals surface area contributed by atoms with Crippen LogP contribution >= 0.6 is 40.2 Å². The Kier molecular flexibility index (Phi) is 10.6. The average Bonchev–Trinajstić information content (AvgIpc) is 3.47. The number of aromatic nitrogens is 3. The number of hydrogen-bond donors (Lipinski definition) is 2. The van der Waals surface area contributed by atoms with E-state index in [2.05, 4.69) is 69.5 Å².